The van der Waals surface area contributed by atoms with E-state index in [1.165, 1.54) is 0 Å². The van der Waals surface area contributed by atoms with E-state index in [4.69, 9.17) is 4.74 Å². The molecule has 2 aromatic carbocycles. The number of amides is 1. The van der Waals surface area contributed by atoms with E-state index in [0.717, 1.165) is 35.7 Å². The molecule has 0 bridgehead atoms. The number of rotatable bonds is 7. The van der Waals surface area contributed by atoms with Crippen molar-refractivity contribution >= 4 is 17.3 Å². The molecule has 0 spiro atoms. The molecular formula is C21H21N3O2. The van der Waals surface area contributed by atoms with Crippen LogP contribution in [0, 0.1) is 0 Å². The van der Waals surface area contributed by atoms with Gasteiger partial charge in [-0.1, -0.05) is 36.4 Å². The summed E-state index contributed by atoms with van der Waals surface area (Å²) in [6.07, 6.45) is 2.50. The number of pyridine rings is 1. The smallest absolute Gasteiger partial charge is 0.274 e. The molecule has 1 heterocycles. The lowest BCUT2D eigenvalue weighted by Gasteiger charge is -2.10. The fraction of sp³-hybridized carbons (Fsp3) is 0.143. The lowest BCUT2D eigenvalue weighted by atomic mass is 10.1. The highest BCUT2D eigenvalue weighted by molar-refractivity contribution is 6.02. The molecule has 0 saturated carbocycles. The highest BCUT2D eigenvalue weighted by atomic mass is 16.5. The zero-order chi connectivity index (χ0) is 18.2. The number of aromatic nitrogens is 1. The van der Waals surface area contributed by atoms with E-state index in [-0.39, 0.29) is 5.91 Å². The molecule has 5 heteroatoms. The third kappa shape index (κ3) is 4.60. The van der Waals surface area contributed by atoms with Gasteiger partial charge in [-0.15, -0.1) is 0 Å². The summed E-state index contributed by atoms with van der Waals surface area (Å²) in [5.74, 6) is 0.664. The molecule has 0 saturated heterocycles. The Morgan fingerprint density at radius 1 is 0.962 bits per heavy atom. The van der Waals surface area contributed by atoms with Crippen LogP contribution in [0.1, 0.15) is 16.1 Å². The summed E-state index contributed by atoms with van der Waals surface area (Å²) >= 11 is 0. The summed E-state index contributed by atoms with van der Waals surface area (Å²) < 4.78 is 5.35. The minimum Gasteiger partial charge on any atom is -0.496 e. The van der Waals surface area contributed by atoms with Crippen LogP contribution in [0.5, 0.6) is 5.75 Å². The largest absolute Gasteiger partial charge is 0.496 e. The molecule has 5 nitrogen and oxygen atoms in total. The van der Waals surface area contributed by atoms with Crippen molar-refractivity contribution in [1.82, 2.24) is 4.98 Å². The Balaban J connectivity index is 1.53. The van der Waals surface area contributed by atoms with Crippen LogP contribution in [0.4, 0.5) is 11.4 Å². The molecule has 0 unspecified atom stereocenters. The molecule has 132 valence electrons. The van der Waals surface area contributed by atoms with E-state index >= 15 is 0 Å². The number of nitrogens with zero attached hydrogens (tertiary/aromatic N) is 1. The van der Waals surface area contributed by atoms with Gasteiger partial charge >= 0.3 is 0 Å². The van der Waals surface area contributed by atoms with Gasteiger partial charge in [0.05, 0.1) is 19.0 Å². The number of para-hydroxylation sites is 2. The maximum Gasteiger partial charge on any atom is 0.274 e. The second-order valence-electron chi connectivity index (χ2n) is 5.74. The number of anilines is 2. The number of methoxy groups -OCH3 is 1. The Bertz CT molecular complexity index is 849. The number of carbonyl (C=O) groups excluding carboxylic acids is 1. The molecular weight excluding hydrogens is 326 g/mol. The topological polar surface area (TPSA) is 63.2 Å². The van der Waals surface area contributed by atoms with Crippen molar-refractivity contribution in [2.45, 2.75) is 6.42 Å². The summed E-state index contributed by atoms with van der Waals surface area (Å²) in [4.78, 5) is 16.4. The molecule has 3 rings (SSSR count). The predicted octanol–water partition coefficient (Wildman–Crippen LogP) is 4.00. The van der Waals surface area contributed by atoms with E-state index in [9.17, 15) is 4.79 Å². The normalized spacial score (nSPS) is 10.2. The van der Waals surface area contributed by atoms with Gasteiger partial charge in [-0.05, 0) is 42.3 Å². The van der Waals surface area contributed by atoms with Crippen LogP contribution in [0.15, 0.2) is 72.9 Å². The second-order valence-corrected chi connectivity index (χ2v) is 5.74. The molecule has 0 aliphatic rings. The van der Waals surface area contributed by atoms with Crippen LogP contribution >= 0.6 is 0 Å². The van der Waals surface area contributed by atoms with Crippen LogP contribution in [-0.4, -0.2) is 24.5 Å². The zero-order valence-corrected chi connectivity index (χ0v) is 14.6. The van der Waals surface area contributed by atoms with Crippen LogP contribution in [-0.2, 0) is 6.42 Å². The molecule has 0 atom stereocenters. The fourth-order valence-corrected chi connectivity index (χ4v) is 2.60. The third-order valence-corrected chi connectivity index (χ3v) is 3.94. The van der Waals surface area contributed by atoms with E-state index < -0.39 is 0 Å². The van der Waals surface area contributed by atoms with Gasteiger partial charge in [-0.3, -0.25) is 4.79 Å². The summed E-state index contributed by atoms with van der Waals surface area (Å²) in [6, 6.07) is 20.9. The van der Waals surface area contributed by atoms with Crippen LogP contribution < -0.4 is 15.4 Å². The van der Waals surface area contributed by atoms with Crippen molar-refractivity contribution < 1.29 is 9.53 Å². The predicted molar refractivity (Wildman–Crippen MR) is 104 cm³/mol. The minimum absolute atomic E-state index is 0.225. The number of hydrogen-bond donors (Lipinski definition) is 2. The average Bonchev–Trinajstić information content (AvgIpc) is 2.69. The second kappa shape index (κ2) is 8.67. The summed E-state index contributed by atoms with van der Waals surface area (Å²) in [5.41, 5.74) is 3.15. The summed E-state index contributed by atoms with van der Waals surface area (Å²) in [6.45, 7) is 0.748. The number of carbonyl (C=O) groups is 1. The first-order valence-electron chi connectivity index (χ1n) is 8.44. The Labute approximate surface area is 153 Å². The molecule has 2 N–H and O–H groups in total. The first-order chi connectivity index (χ1) is 12.8. The van der Waals surface area contributed by atoms with Gasteiger partial charge in [0.1, 0.15) is 11.4 Å². The Morgan fingerprint density at radius 2 is 1.73 bits per heavy atom. The molecule has 0 aliphatic heterocycles. The zero-order valence-electron chi connectivity index (χ0n) is 14.6. The maximum absolute atomic E-state index is 12.2. The van der Waals surface area contributed by atoms with Crippen molar-refractivity contribution in [3.8, 4) is 5.75 Å². The van der Waals surface area contributed by atoms with Gasteiger partial charge in [0.15, 0.2) is 0 Å². The van der Waals surface area contributed by atoms with E-state index in [2.05, 4.69) is 21.7 Å². The number of hydrogen-bond acceptors (Lipinski definition) is 4. The lowest BCUT2D eigenvalue weighted by Crippen LogP contribution is -2.14. The maximum atomic E-state index is 12.2. The van der Waals surface area contributed by atoms with Gasteiger partial charge in [0, 0.05) is 12.2 Å². The molecule has 26 heavy (non-hydrogen) atoms. The van der Waals surface area contributed by atoms with Crippen LogP contribution in [0.25, 0.3) is 0 Å². The molecule has 1 amide bonds. The third-order valence-electron chi connectivity index (χ3n) is 3.94. The van der Waals surface area contributed by atoms with Gasteiger partial charge in [-0.2, -0.15) is 0 Å². The summed E-state index contributed by atoms with van der Waals surface area (Å²) in [7, 11) is 1.68. The molecule has 0 fully saturated rings. The van der Waals surface area contributed by atoms with Crippen molar-refractivity contribution in [3.63, 3.8) is 0 Å². The Morgan fingerprint density at radius 3 is 2.46 bits per heavy atom. The lowest BCUT2D eigenvalue weighted by molar-refractivity contribution is 0.102. The van der Waals surface area contributed by atoms with E-state index in [1.807, 2.05) is 54.6 Å². The van der Waals surface area contributed by atoms with E-state index in [1.54, 1.807) is 19.4 Å². The quantitative estimate of drug-likeness (QED) is 0.678. The molecule has 3 aromatic rings. The highest BCUT2D eigenvalue weighted by Crippen LogP contribution is 2.18. The average molecular weight is 347 g/mol. The number of ether oxygens (including phenoxy) is 1. The first-order valence-corrected chi connectivity index (χ1v) is 8.44. The van der Waals surface area contributed by atoms with Crippen molar-refractivity contribution in [2.24, 2.45) is 0 Å². The van der Waals surface area contributed by atoms with Gasteiger partial charge in [0.2, 0.25) is 0 Å². The van der Waals surface area contributed by atoms with Gasteiger partial charge < -0.3 is 15.4 Å². The van der Waals surface area contributed by atoms with Crippen LogP contribution in [0.3, 0.4) is 0 Å². The SMILES string of the molecule is COc1ccccc1CCNc1ccc(C(=O)Nc2ccccc2)nc1. The summed E-state index contributed by atoms with van der Waals surface area (Å²) in [5, 5.41) is 6.13. The van der Waals surface area contributed by atoms with Gasteiger partial charge in [0.25, 0.3) is 5.91 Å². The Kier molecular flexibility index (Phi) is 5.83. The molecule has 1 aromatic heterocycles. The Hall–Kier alpha value is -3.34. The minimum atomic E-state index is -0.225. The monoisotopic (exact) mass is 347 g/mol. The van der Waals surface area contributed by atoms with Crippen LogP contribution in [0.2, 0.25) is 0 Å². The highest BCUT2D eigenvalue weighted by Gasteiger charge is 2.07. The molecule has 0 radical (unpaired) electrons. The van der Waals surface area contributed by atoms with Crippen molar-refractivity contribution in [2.75, 3.05) is 24.3 Å². The standard InChI is InChI=1S/C21H21N3O2/c1-26-20-10-6-5-7-16(20)13-14-22-18-11-12-19(23-15-18)21(25)24-17-8-3-2-4-9-17/h2-12,15,22H,13-14H2,1H3,(H,24,25). The molecule has 0 aliphatic carbocycles. The van der Waals surface area contributed by atoms with Crippen molar-refractivity contribution in [1.29, 1.82) is 0 Å². The fourth-order valence-electron chi connectivity index (χ4n) is 2.60. The number of benzene rings is 2. The first kappa shape index (κ1) is 17.5. The number of nitrogens with one attached hydrogen (secondary N) is 2. The van der Waals surface area contributed by atoms with Crippen molar-refractivity contribution in [3.05, 3.63) is 84.2 Å². The van der Waals surface area contributed by atoms with E-state index in [0.29, 0.717) is 5.69 Å². The van der Waals surface area contributed by atoms with Gasteiger partial charge in [-0.25, -0.2) is 4.98 Å².